The highest BCUT2D eigenvalue weighted by atomic mass is 35.5. The fourth-order valence-electron chi connectivity index (χ4n) is 2.00. The monoisotopic (exact) mass is 271 g/mol. The molecule has 1 heterocycles. The molecule has 1 aromatic rings. The second-order valence-electron chi connectivity index (χ2n) is 4.49. The van der Waals surface area contributed by atoms with Crippen LogP contribution in [-0.2, 0) is 4.74 Å². The number of rotatable bonds is 3. The Bertz CT molecular complexity index is 433. The molecule has 1 N–H and O–H groups in total. The fraction of sp³-hybridized carbons (Fsp3) is 0.462. The molecule has 1 aliphatic heterocycles. The highest BCUT2D eigenvalue weighted by molar-refractivity contribution is 6.19. The Morgan fingerprint density at radius 2 is 2.17 bits per heavy atom. The van der Waals surface area contributed by atoms with Gasteiger partial charge in [0, 0.05) is 24.7 Å². The summed E-state index contributed by atoms with van der Waals surface area (Å²) < 4.78 is 18.3. The highest BCUT2D eigenvalue weighted by Crippen LogP contribution is 2.22. The molecular formula is C13H15ClFNO2. The minimum atomic E-state index is -0.441. The van der Waals surface area contributed by atoms with Gasteiger partial charge in [-0.1, -0.05) is 6.07 Å². The standard InChI is InChI=1S/C13H15ClFNO2/c14-9-13(4-6-18-7-5-13)16-12(17)10-2-1-3-11(15)8-10/h1-3,8H,4-7,9H2,(H,16,17). The molecule has 0 spiro atoms. The lowest BCUT2D eigenvalue weighted by atomic mass is 9.92. The summed E-state index contributed by atoms with van der Waals surface area (Å²) in [4.78, 5) is 12.1. The van der Waals surface area contributed by atoms with Crippen LogP contribution < -0.4 is 5.32 Å². The van der Waals surface area contributed by atoms with Gasteiger partial charge < -0.3 is 10.1 Å². The predicted octanol–water partition coefficient (Wildman–Crippen LogP) is 2.34. The second kappa shape index (κ2) is 5.67. The molecule has 1 saturated heterocycles. The van der Waals surface area contributed by atoms with Gasteiger partial charge in [-0.15, -0.1) is 11.6 Å². The topological polar surface area (TPSA) is 38.3 Å². The quantitative estimate of drug-likeness (QED) is 0.857. The van der Waals surface area contributed by atoms with E-state index in [9.17, 15) is 9.18 Å². The third-order valence-corrected chi connectivity index (χ3v) is 3.68. The molecule has 0 radical (unpaired) electrons. The SMILES string of the molecule is O=C(NC1(CCl)CCOCC1)c1cccc(F)c1. The van der Waals surface area contributed by atoms with Gasteiger partial charge in [0.1, 0.15) is 5.82 Å². The van der Waals surface area contributed by atoms with E-state index in [0.717, 1.165) is 0 Å². The number of carbonyl (C=O) groups excluding carboxylic acids is 1. The van der Waals surface area contributed by atoms with E-state index in [1.165, 1.54) is 18.2 Å². The lowest BCUT2D eigenvalue weighted by molar-refractivity contribution is 0.0433. The van der Waals surface area contributed by atoms with Crippen LogP contribution >= 0.6 is 11.6 Å². The van der Waals surface area contributed by atoms with Gasteiger partial charge in [-0.25, -0.2) is 4.39 Å². The molecule has 2 rings (SSSR count). The first-order valence-corrected chi connectivity index (χ1v) is 6.40. The van der Waals surface area contributed by atoms with Gasteiger partial charge in [-0.3, -0.25) is 4.79 Å². The smallest absolute Gasteiger partial charge is 0.251 e. The second-order valence-corrected chi connectivity index (χ2v) is 4.76. The van der Waals surface area contributed by atoms with Crippen molar-refractivity contribution in [2.75, 3.05) is 19.1 Å². The Labute approximate surface area is 110 Å². The van der Waals surface area contributed by atoms with Crippen LogP contribution in [0.1, 0.15) is 23.2 Å². The maximum atomic E-state index is 13.1. The van der Waals surface area contributed by atoms with Gasteiger partial charge in [0.25, 0.3) is 5.91 Å². The van der Waals surface area contributed by atoms with Crippen LogP contribution in [-0.4, -0.2) is 30.5 Å². The summed E-state index contributed by atoms with van der Waals surface area (Å²) in [6.07, 6.45) is 1.36. The zero-order valence-corrected chi connectivity index (χ0v) is 10.7. The van der Waals surface area contributed by atoms with Crippen molar-refractivity contribution < 1.29 is 13.9 Å². The van der Waals surface area contributed by atoms with Gasteiger partial charge in [0.15, 0.2) is 0 Å². The van der Waals surface area contributed by atoms with Crippen molar-refractivity contribution in [3.8, 4) is 0 Å². The number of amides is 1. The largest absolute Gasteiger partial charge is 0.381 e. The van der Waals surface area contributed by atoms with Crippen LogP contribution in [0.25, 0.3) is 0 Å². The van der Waals surface area contributed by atoms with Crippen LogP contribution in [0.5, 0.6) is 0 Å². The Kier molecular flexibility index (Phi) is 4.19. The fourth-order valence-corrected chi connectivity index (χ4v) is 2.33. The number of ether oxygens (including phenoxy) is 1. The molecule has 1 amide bonds. The van der Waals surface area contributed by atoms with Crippen LogP contribution in [0.15, 0.2) is 24.3 Å². The van der Waals surface area contributed by atoms with E-state index in [2.05, 4.69) is 5.32 Å². The van der Waals surface area contributed by atoms with Crippen molar-refractivity contribution in [1.29, 1.82) is 0 Å². The molecule has 1 aromatic carbocycles. The predicted molar refractivity (Wildman–Crippen MR) is 67.4 cm³/mol. The molecule has 0 aliphatic carbocycles. The number of hydrogen-bond acceptors (Lipinski definition) is 2. The summed E-state index contributed by atoms with van der Waals surface area (Å²) in [6.45, 7) is 1.16. The van der Waals surface area contributed by atoms with Crippen molar-refractivity contribution in [1.82, 2.24) is 5.32 Å². The van der Waals surface area contributed by atoms with Crippen molar-refractivity contribution in [3.63, 3.8) is 0 Å². The van der Waals surface area contributed by atoms with Crippen LogP contribution in [0.2, 0.25) is 0 Å². The first kappa shape index (κ1) is 13.3. The minimum absolute atomic E-state index is 0.294. The van der Waals surface area contributed by atoms with E-state index in [-0.39, 0.29) is 5.91 Å². The highest BCUT2D eigenvalue weighted by Gasteiger charge is 2.33. The molecule has 0 bridgehead atoms. The van der Waals surface area contributed by atoms with Crippen molar-refractivity contribution in [3.05, 3.63) is 35.6 Å². The Morgan fingerprint density at radius 3 is 2.78 bits per heavy atom. The zero-order valence-electron chi connectivity index (χ0n) is 9.92. The summed E-state index contributed by atoms with van der Waals surface area (Å²) in [5.41, 5.74) is -0.130. The van der Waals surface area contributed by atoms with Crippen molar-refractivity contribution in [2.24, 2.45) is 0 Å². The number of halogens is 2. The average molecular weight is 272 g/mol. The molecule has 0 unspecified atom stereocenters. The molecule has 3 nitrogen and oxygen atoms in total. The molecule has 5 heteroatoms. The molecule has 1 fully saturated rings. The van der Waals surface area contributed by atoms with Crippen LogP contribution in [0.3, 0.4) is 0 Å². The van der Waals surface area contributed by atoms with E-state index in [1.54, 1.807) is 6.07 Å². The maximum Gasteiger partial charge on any atom is 0.251 e. The lowest BCUT2D eigenvalue weighted by Crippen LogP contribution is -2.53. The van der Waals surface area contributed by atoms with E-state index in [1.807, 2.05) is 0 Å². The summed E-state index contributed by atoms with van der Waals surface area (Å²) >= 11 is 5.96. The van der Waals surface area contributed by atoms with Crippen molar-refractivity contribution >= 4 is 17.5 Å². The normalized spacial score (nSPS) is 18.3. The Balaban J connectivity index is 2.10. The van der Waals surface area contributed by atoms with Gasteiger partial charge in [-0.05, 0) is 31.0 Å². The number of nitrogens with one attached hydrogen (secondary N) is 1. The molecule has 1 aliphatic rings. The van der Waals surface area contributed by atoms with Crippen LogP contribution in [0.4, 0.5) is 4.39 Å². The molecule has 0 atom stereocenters. The van der Waals surface area contributed by atoms with Gasteiger partial charge in [-0.2, -0.15) is 0 Å². The molecule has 0 saturated carbocycles. The Morgan fingerprint density at radius 1 is 1.44 bits per heavy atom. The molecule has 0 aromatic heterocycles. The van der Waals surface area contributed by atoms with Gasteiger partial charge >= 0.3 is 0 Å². The first-order valence-electron chi connectivity index (χ1n) is 5.87. The van der Waals surface area contributed by atoms with Crippen LogP contribution in [0, 0.1) is 5.82 Å². The van der Waals surface area contributed by atoms with E-state index in [4.69, 9.17) is 16.3 Å². The number of hydrogen-bond donors (Lipinski definition) is 1. The minimum Gasteiger partial charge on any atom is -0.381 e. The van der Waals surface area contributed by atoms with E-state index >= 15 is 0 Å². The summed E-state index contributed by atoms with van der Waals surface area (Å²) in [5, 5.41) is 2.91. The first-order chi connectivity index (χ1) is 8.65. The molecule has 18 heavy (non-hydrogen) atoms. The van der Waals surface area contributed by atoms with E-state index < -0.39 is 11.4 Å². The molecule has 98 valence electrons. The maximum absolute atomic E-state index is 13.1. The summed E-state index contributed by atoms with van der Waals surface area (Å²) in [5.74, 6) is -0.385. The third-order valence-electron chi connectivity index (χ3n) is 3.17. The third kappa shape index (κ3) is 3.00. The van der Waals surface area contributed by atoms with Gasteiger partial charge in [0.2, 0.25) is 0 Å². The summed E-state index contributed by atoms with van der Waals surface area (Å²) in [7, 11) is 0. The van der Waals surface area contributed by atoms with Crippen molar-refractivity contribution in [2.45, 2.75) is 18.4 Å². The number of alkyl halides is 1. The zero-order chi connectivity index (χ0) is 13.0. The molecular weight excluding hydrogens is 257 g/mol. The summed E-state index contributed by atoms with van der Waals surface area (Å²) in [6, 6.07) is 5.63. The Hall–Kier alpha value is -1.13. The van der Waals surface area contributed by atoms with E-state index in [0.29, 0.717) is 37.5 Å². The van der Waals surface area contributed by atoms with Gasteiger partial charge in [0.05, 0.1) is 5.54 Å². The lowest BCUT2D eigenvalue weighted by Gasteiger charge is -2.36. The number of benzene rings is 1. The number of carbonyl (C=O) groups is 1. The average Bonchev–Trinajstić information content (AvgIpc) is 2.40.